The van der Waals surface area contributed by atoms with Gasteiger partial charge in [0.05, 0.1) is 12.6 Å². The Morgan fingerprint density at radius 3 is 2.75 bits per heavy atom. The number of aryl methyl sites for hydroxylation is 2. The molecule has 5 heteroatoms. The van der Waals surface area contributed by atoms with Crippen molar-refractivity contribution in [1.29, 1.82) is 0 Å². The van der Waals surface area contributed by atoms with E-state index in [0.29, 0.717) is 18.7 Å². The van der Waals surface area contributed by atoms with E-state index in [4.69, 9.17) is 5.11 Å². The van der Waals surface area contributed by atoms with Crippen molar-refractivity contribution in [2.45, 2.75) is 25.4 Å². The summed E-state index contributed by atoms with van der Waals surface area (Å²) >= 11 is 0. The summed E-state index contributed by atoms with van der Waals surface area (Å²) in [5, 5.41) is 11.8. The van der Waals surface area contributed by atoms with Gasteiger partial charge in [-0.05, 0) is 42.5 Å². The number of aliphatic hydroxyl groups is 1. The SMILES string of the molecule is O=C(NCC(=O)N1CC(O)C1)c1ccc2c(c1)CCC2. The lowest BCUT2D eigenvalue weighted by Gasteiger charge is -2.35. The maximum absolute atomic E-state index is 12.0. The van der Waals surface area contributed by atoms with Crippen LogP contribution in [-0.2, 0) is 17.6 Å². The van der Waals surface area contributed by atoms with E-state index in [1.165, 1.54) is 16.0 Å². The molecule has 0 bridgehead atoms. The largest absolute Gasteiger partial charge is 0.389 e. The lowest BCUT2D eigenvalue weighted by Crippen LogP contribution is -2.55. The Morgan fingerprint density at radius 1 is 1.25 bits per heavy atom. The molecule has 0 aromatic heterocycles. The quantitative estimate of drug-likeness (QED) is 0.822. The lowest BCUT2D eigenvalue weighted by molar-refractivity contribution is -0.140. The number of nitrogens with one attached hydrogen (secondary N) is 1. The zero-order valence-corrected chi connectivity index (χ0v) is 11.3. The monoisotopic (exact) mass is 274 g/mol. The van der Waals surface area contributed by atoms with Gasteiger partial charge in [0.2, 0.25) is 5.91 Å². The maximum atomic E-state index is 12.0. The van der Waals surface area contributed by atoms with Gasteiger partial charge in [-0.25, -0.2) is 0 Å². The van der Waals surface area contributed by atoms with E-state index < -0.39 is 6.10 Å². The Hall–Kier alpha value is -1.88. The van der Waals surface area contributed by atoms with Crippen molar-refractivity contribution < 1.29 is 14.7 Å². The second-order valence-electron chi connectivity index (χ2n) is 5.47. The second kappa shape index (κ2) is 5.25. The molecule has 2 amide bonds. The third kappa shape index (κ3) is 2.54. The number of fused-ring (bicyclic) bond motifs is 1. The maximum Gasteiger partial charge on any atom is 0.251 e. The van der Waals surface area contributed by atoms with Crippen molar-refractivity contribution in [3.8, 4) is 0 Å². The Morgan fingerprint density at radius 2 is 2.00 bits per heavy atom. The first kappa shape index (κ1) is 13.1. The number of benzene rings is 1. The van der Waals surface area contributed by atoms with E-state index in [9.17, 15) is 9.59 Å². The summed E-state index contributed by atoms with van der Waals surface area (Å²) in [5.41, 5.74) is 3.18. The first-order valence-corrected chi connectivity index (χ1v) is 6.99. The summed E-state index contributed by atoms with van der Waals surface area (Å²) in [6.45, 7) is 0.726. The minimum Gasteiger partial charge on any atom is -0.389 e. The first-order chi connectivity index (χ1) is 9.63. The highest BCUT2D eigenvalue weighted by molar-refractivity contribution is 5.96. The average molecular weight is 274 g/mol. The Labute approximate surface area is 117 Å². The zero-order chi connectivity index (χ0) is 14.1. The van der Waals surface area contributed by atoms with Crippen molar-refractivity contribution in [3.63, 3.8) is 0 Å². The van der Waals surface area contributed by atoms with Crippen LogP contribution in [0.5, 0.6) is 0 Å². The molecule has 106 valence electrons. The molecule has 0 saturated carbocycles. The van der Waals surface area contributed by atoms with Crippen molar-refractivity contribution >= 4 is 11.8 Å². The van der Waals surface area contributed by atoms with Gasteiger partial charge in [-0.15, -0.1) is 0 Å². The predicted molar refractivity (Wildman–Crippen MR) is 73.4 cm³/mol. The van der Waals surface area contributed by atoms with Crippen LogP contribution in [0.15, 0.2) is 18.2 Å². The number of hydrogen-bond acceptors (Lipinski definition) is 3. The first-order valence-electron chi connectivity index (χ1n) is 6.99. The summed E-state index contributed by atoms with van der Waals surface area (Å²) < 4.78 is 0. The van der Waals surface area contributed by atoms with Gasteiger partial charge >= 0.3 is 0 Å². The molecule has 1 aromatic carbocycles. The lowest BCUT2D eigenvalue weighted by atomic mass is 10.1. The van der Waals surface area contributed by atoms with Crippen LogP contribution in [0, 0.1) is 0 Å². The molecule has 0 spiro atoms. The van der Waals surface area contributed by atoms with Gasteiger partial charge in [0.1, 0.15) is 0 Å². The number of nitrogens with zero attached hydrogens (tertiary/aromatic N) is 1. The summed E-state index contributed by atoms with van der Waals surface area (Å²) in [7, 11) is 0. The smallest absolute Gasteiger partial charge is 0.251 e. The molecule has 0 radical (unpaired) electrons. The highest BCUT2D eigenvalue weighted by Gasteiger charge is 2.28. The van der Waals surface area contributed by atoms with E-state index in [-0.39, 0.29) is 18.4 Å². The third-order valence-electron chi connectivity index (χ3n) is 3.98. The van der Waals surface area contributed by atoms with Crippen LogP contribution in [0.25, 0.3) is 0 Å². The molecule has 1 fully saturated rings. The fourth-order valence-corrected chi connectivity index (χ4v) is 2.74. The number of amides is 2. The van der Waals surface area contributed by atoms with Gasteiger partial charge in [-0.2, -0.15) is 0 Å². The molecule has 1 aromatic rings. The number of rotatable bonds is 3. The van der Waals surface area contributed by atoms with Crippen molar-refractivity contribution in [2.24, 2.45) is 0 Å². The molecule has 1 aliphatic heterocycles. The van der Waals surface area contributed by atoms with Gasteiger partial charge in [0.25, 0.3) is 5.91 Å². The molecule has 1 heterocycles. The number of aliphatic hydroxyl groups excluding tert-OH is 1. The van der Waals surface area contributed by atoms with E-state index in [0.717, 1.165) is 19.3 Å². The van der Waals surface area contributed by atoms with Gasteiger partial charge in [-0.1, -0.05) is 6.07 Å². The molecule has 0 unspecified atom stereocenters. The van der Waals surface area contributed by atoms with Gasteiger partial charge in [0, 0.05) is 18.7 Å². The van der Waals surface area contributed by atoms with Crippen LogP contribution >= 0.6 is 0 Å². The fourth-order valence-electron chi connectivity index (χ4n) is 2.74. The van der Waals surface area contributed by atoms with Crippen molar-refractivity contribution in [3.05, 3.63) is 34.9 Å². The topological polar surface area (TPSA) is 69.6 Å². The molecule has 5 nitrogen and oxygen atoms in total. The number of carbonyl (C=O) groups excluding carboxylic acids is 2. The molecule has 20 heavy (non-hydrogen) atoms. The van der Waals surface area contributed by atoms with Crippen molar-refractivity contribution in [2.75, 3.05) is 19.6 Å². The average Bonchev–Trinajstić information content (AvgIpc) is 2.88. The number of likely N-dealkylation sites (tertiary alicyclic amines) is 1. The summed E-state index contributed by atoms with van der Waals surface area (Å²) in [6, 6.07) is 5.75. The number of carbonyl (C=O) groups is 2. The Kier molecular flexibility index (Phi) is 3.44. The van der Waals surface area contributed by atoms with E-state index >= 15 is 0 Å². The highest BCUT2D eigenvalue weighted by Crippen LogP contribution is 2.22. The van der Waals surface area contributed by atoms with Crippen molar-refractivity contribution in [1.82, 2.24) is 10.2 Å². The molecular formula is C15H18N2O3. The van der Waals surface area contributed by atoms with Crippen LogP contribution in [0.3, 0.4) is 0 Å². The zero-order valence-electron chi connectivity index (χ0n) is 11.3. The van der Waals surface area contributed by atoms with Crippen LogP contribution in [0.4, 0.5) is 0 Å². The van der Waals surface area contributed by atoms with E-state index in [2.05, 4.69) is 5.32 Å². The predicted octanol–water partition coefficient (Wildman–Crippen LogP) is 0.108. The highest BCUT2D eigenvalue weighted by atomic mass is 16.3. The Balaban J connectivity index is 1.55. The molecule has 0 atom stereocenters. The number of hydrogen-bond donors (Lipinski definition) is 2. The van der Waals surface area contributed by atoms with Crippen LogP contribution in [0.2, 0.25) is 0 Å². The third-order valence-corrected chi connectivity index (χ3v) is 3.98. The Bertz CT molecular complexity index is 550. The minimum atomic E-state index is -0.411. The second-order valence-corrected chi connectivity index (χ2v) is 5.47. The molecule has 1 saturated heterocycles. The fraction of sp³-hybridized carbons (Fsp3) is 0.467. The normalized spacial score (nSPS) is 17.6. The van der Waals surface area contributed by atoms with Crippen LogP contribution in [0.1, 0.15) is 27.9 Å². The molecule has 2 N–H and O–H groups in total. The van der Waals surface area contributed by atoms with Crippen LogP contribution < -0.4 is 5.32 Å². The molecular weight excluding hydrogens is 256 g/mol. The van der Waals surface area contributed by atoms with Gasteiger partial charge in [0.15, 0.2) is 0 Å². The molecule has 1 aliphatic carbocycles. The summed E-state index contributed by atoms with van der Waals surface area (Å²) in [6.07, 6.45) is 2.86. The molecule has 2 aliphatic rings. The summed E-state index contributed by atoms with van der Waals surface area (Å²) in [5.74, 6) is -0.362. The van der Waals surface area contributed by atoms with Crippen LogP contribution in [-0.4, -0.2) is 47.6 Å². The van der Waals surface area contributed by atoms with Gasteiger partial charge in [-0.3, -0.25) is 9.59 Å². The van der Waals surface area contributed by atoms with Gasteiger partial charge < -0.3 is 15.3 Å². The standard InChI is InChI=1S/C15H18N2O3/c18-13-8-17(9-13)14(19)7-16-15(20)12-5-4-10-2-1-3-11(10)6-12/h4-6,13,18H,1-3,7-9H2,(H,16,20). The minimum absolute atomic E-state index is 0.0113. The summed E-state index contributed by atoms with van der Waals surface area (Å²) in [4.78, 5) is 25.2. The number of β-amino-alcohol motifs (C(OH)–C–C–N with tert-alkyl or cyclic N) is 1. The molecule has 3 rings (SSSR count). The van der Waals surface area contributed by atoms with E-state index in [1.807, 2.05) is 18.2 Å². The van der Waals surface area contributed by atoms with E-state index in [1.54, 1.807) is 0 Å².